The number of aromatic nitrogens is 1. The van der Waals surface area contributed by atoms with Gasteiger partial charge < -0.3 is 25.7 Å². The van der Waals surface area contributed by atoms with Gasteiger partial charge in [0.1, 0.15) is 29.3 Å². The first-order valence-electron chi connectivity index (χ1n) is 8.38. The second kappa shape index (κ2) is 8.03. The van der Waals surface area contributed by atoms with Crippen LogP contribution in [0.4, 0.5) is 14.6 Å². The van der Waals surface area contributed by atoms with Gasteiger partial charge in [-0.05, 0) is 23.3 Å². The maximum absolute atomic E-state index is 13.2. The Labute approximate surface area is 167 Å². The fourth-order valence-electron chi connectivity index (χ4n) is 2.84. The predicted molar refractivity (Wildman–Crippen MR) is 102 cm³/mol. The van der Waals surface area contributed by atoms with E-state index in [1.54, 1.807) is 0 Å². The summed E-state index contributed by atoms with van der Waals surface area (Å²) in [4.78, 5) is 37.2. The van der Waals surface area contributed by atoms with Gasteiger partial charge in [0.05, 0.1) is 0 Å². The highest BCUT2D eigenvalue weighted by atomic mass is 19.2. The molecule has 0 atom stereocenters. The number of hydrogen-bond acceptors (Lipinski definition) is 5. The van der Waals surface area contributed by atoms with Crippen LogP contribution >= 0.6 is 0 Å². The number of aromatic amines is 1. The van der Waals surface area contributed by atoms with E-state index in [0.29, 0.717) is 5.56 Å². The number of H-pyrrole nitrogens is 1. The van der Waals surface area contributed by atoms with Gasteiger partial charge in [0, 0.05) is 11.6 Å². The summed E-state index contributed by atoms with van der Waals surface area (Å²) < 4.78 is 31.5. The first-order valence-corrected chi connectivity index (χ1v) is 8.38. The third-order valence-corrected chi connectivity index (χ3v) is 4.21. The molecule has 10 heteroatoms. The molecule has 2 aromatic carbocycles. The highest BCUT2D eigenvalue weighted by Gasteiger charge is 2.26. The van der Waals surface area contributed by atoms with Crippen molar-refractivity contribution in [3.8, 4) is 16.9 Å². The van der Waals surface area contributed by atoms with Gasteiger partial charge in [-0.25, -0.2) is 18.4 Å². The number of anilines is 1. The van der Waals surface area contributed by atoms with Crippen LogP contribution in [0.5, 0.6) is 5.75 Å². The molecule has 154 valence electrons. The Bertz CT molecular complexity index is 1210. The summed E-state index contributed by atoms with van der Waals surface area (Å²) in [6, 6.07) is 8.87. The average molecular weight is 416 g/mol. The van der Waals surface area contributed by atoms with Crippen LogP contribution in [-0.2, 0) is 6.61 Å². The summed E-state index contributed by atoms with van der Waals surface area (Å²) in [5, 5.41) is 18.8. The molecule has 8 nitrogen and oxygen atoms in total. The molecule has 1 heterocycles. The van der Waals surface area contributed by atoms with Gasteiger partial charge in [0.15, 0.2) is 11.6 Å². The summed E-state index contributed by atoms with van der Waals surface area (Å²) in [6.45, 7) is -0.0273. The van der Waals surface area contributed by atoms with Crippen molar-refractivity contribution < 1.29 is 33.3 Å². The van der Waals surface area contributed by atoms with E-state index in [1.807, 2.05) is 4.98 Å². The maximum atomic E-state index is 13.2. The van der Waals surface area contributed by atoms with Crippen molar-refractivity contribution in [3.63, 3.8) is 0 Å². The van der Waals surface area contributed by atoms with E-state index >= 15 is 0 Å². The fourth-order valence-corrected chi connectivity index (χ4v) is 2.84. The highest BCUT2D eigenvalue weighted by molar-refractivity contribution is 6.07. The lowest BCUT2D eigenvalue weighted by Crippen LogP contribution is -2.24. The molecule has 0 aliphatic rings. The molecule has 5 N–H and O–H groups in total. The number of hydrogen-bond donors (Lipinski definition) is 4. The number of benzene rings is 2. The lowest BCUT2D eigenvalue weighted by atomic mass is 9.95. The normalized spacial score (nSPS) is 10.6. The molecular formula is C20H14F2N2O6. The molecule has 0 unspecified atom stereocenters. The molecule has 0 radical (unpaired) electrons. The number of nitrogen functional groups attached to an aromatic ring is 1. The maximum Gasteiger partial charge on any atom is 0.342 e. The van der Waals surface area contributed by atoms with Gasteiger partial charge in [0.25, 0.3) is 5.56 Å². The predicted octanol–water partition coefficient (Wildman–Crippen LogP) is 2.88. The van der Waals surface area contributed by atoms with E-state index in [-0.39, 0.29) is 23.5 Å². The summed E-state index contributed by atoms with van der Waals surface area (Å²) in [5.74, 6) is -5.56. The zero-order valence-electron chi connectivity index (χ0n) is 15.1. The lowest BCUT2D eigenvalue weighted by molar-refractivity contribution is 0.0695. The summed E-state index contributed by atoms with van der Waals surface area (Å²) in [6.07, 6.45) is 0. The van der Waals surface area contributed by atoms with Crippen LogP contribution in [-0.4, -0.2) is 27.1 Å². The Morgan fingerprint density at radius 2 is 1.60 bits per heavy atom. The molecule has 3 aromatic rings. The number of carboxylic acid groups (broad SMARTS) is 2. The molecule has 1 aromatic heterocycles. The number of nitrogens with one attached hydrogen (secondary N) is 1. The monoisotopic (exact) mass is 416 g/mol. The largest absolute Gasteiger partial charge is 0.489 e. The van der Waals surface area contributed by atoms with E-state index in [2.05, 4.69) is 0 Å². The number of carboxylic acids is 2. The van der Waals surface area contributed by atoms with Gasteiger partial charge in [-0.3, -0.25) is 4.79 Å². The van der Waals surface area contributed by atoms with Gasteiger partial charge in [0.2, 0.25) is 0 Å². The van der Waals surface area contributed by atoms with Crippen molar-refractivity contribution in [2.75, 3.05) is 5.73 Å². The minimum absolute atomic E-state index is 0.0273. The second-order valence-corrected chi connectivity index (χ2v) is 6.16. The quantitative estimate of drug-likeness (QED) is 0.484. The van der Waals surface area contributed by atoms with Crippen LogP contribution in [0.25, 0.3) is 11.1 Å². The Balaban J connectivity index is 1.96. The van der Waals surface area contributed by atoms with Crippen molar-refractivity contribution in [2.24, 2.45) is 0 Å². The summed E-state index contributed by atoms with van der Waals surface area (Å²) in [5.41, 5.74) is 3.62. The van der Waals surface area contributed by atoms with Crippen molar-refractivity contribution >= 4 is 17.8 Å². The Morgan fingerprint density at radius 1 is 0.967 bits per heavy atom. The van der Waals surface area contributed by atoms with Crippen LogP contribution in [0.1, 0.15) is 26.3 Å². The molecule has 0 aliphatic heterocycles. The fraction of sp³-hybridized carbons (Fsp3) is 0.0500. The smallest absolute Gasteiger partial charge is 0.342 e. The van der Waals surface area contributed by atoms with E-state index in [1.165, 1.54) is 30.3 Å². The zero-order valence-corrected chi connectivity index (χ0v) is 15.1. The van der Waals surface area contributed by atoms with Crippen molar-refractivity contribution in [1.82, 2.24) is 4.98 Å². The Kier molecular flexibility index (Phi) is 5.50. The van der Waals surface area contributed by atoms with Crippen LogP contribution < -0.4 is 16.0 Å². The van der Waals surface area contributed by atoms with Crippen LogP contribution in [0, 0.1) is 11.6 Å². The lowest BCUT2D eigenvalue weighted by Gasteiger charge is -2.13. The molecule has 0 fully saturated rings. The van der Waals surface area contributed by atoms with E-state index in [4.69, 9.17) is 10.5 Å². The van der Waals surface area contributed by atoms with Crippen molar-refractivity contribution in [3.05, 3.63) is 81.1 Å². The Morgan fingerprint density at radius 3 is 2.17 bits per heavy atom. The van der Waals surface area contributed by atoms with Crippen LogP contribution in [0.3, 0.4) is 0 Å². The minimum atomic E-state index is -1.61. The highest BCUT2D eigenvalue weighted by Crippen LogP contribution is 2.29. The van der Waals surface area contributed by atoms with Crippen molar-refractivity contribution in [2.45, 2.75) is 6.61 Å². The zero-order chi connectivity index (χ0) is 22.0. The molecule has 0 saturated heterocycles. The SMILES string of the molecule is Nc1[nH]c(=O)c(C(=O)O)c(-c2ccc(COc3ccc(F)c(F)c3)cc2)c1C(=O)O. The van der Waals surface area contributed by atoms with Gasteiger partial charge in [-0.1, -0.05) is 24.3 Å². The minimum Gasteiger partial charge on any atom is -0.489 e. The molecule has 0 amide bonds. The number of ether oxygens (including phenoxy) is 1. The summed E-state index contributed by atoms with van der Waals surface area (Å²) in [7, 11) is 0. The molecule has 0 aliphatic carbocycles. The van der Waals surface area contributed by atoms with E-state index in [0.717, 1.165) is 12.1 Å². The number of halogens is 2. The number of carbonyl (C=O) groups is 2. The molecule has 3 rings (SSSR count). The molecular weight excluding hydrogens is 402 g/mol. The summed E-state index contributed by atoms with van der Waals surface area (Å²) >= 11 is 0. The topological polar surface area (TPSA) is 143 Å². The molecule has 0 bridgehead atoms. The first kappa shape index (κ1) is 20.5. The molecule has 0 saturated carbocycles. The average Bonchev–Trinajstić information content (AvgIpc) is 2.68. The number of aromatic carboxylic acids is 2. The second-order valence-electron chi connectivity index (χ2n) is 6.16. The standard InChI is InChI=1S/C20H14F2N2O6/c21-12-6-5-11(7-13(12)22)30-8-9-1-3-10(4-2-9)14-15(19(26)27)17(23)24-18(25)16(14)20(28)29/h1-7H,8H2,(H,26,27)(H,28,29)(H3,23,24,25). The van der Waals surface area contributed by atoms with Gasteiger partial charge in [-0.15, -0.1) is 0 Å². The van der Waals surface area contributed by atoms with Gasteiger partial charge in [-0.2, -0.15) is 0 Å². The third kappa shape index (κ3) is 3.97. The first-order chi connectivity index (χ1) is 14.2. The number of rotatable bonds is 6. The molecule has 30 heavy (non-hydrogen) atoms. The van der Waals surface area contributed by atoms with Gasteiger partial charge >= 0.3 is 11.9 Å². The number of pyridine rings is 1. The Hall–Kier alpha value is -4.21. The van der Waals surface area contributed by atoms with Crippen LogP contribution in [0.2, 0.25) is 0 Å². The molecule has 0 spiro atoms. The third-order valence-electron chi connectivity index (χ3n) is 4.21. The van der Waals surface area contributed by atoms with E-state index in [9.17, 15) is 33.4 Å². The number of nitrogens with two attached hydrogens (primary N) is 1. The van der Waals surface area contributed by atoms with Crippen molar-refractivity contribution in [1.29, 1.82) is 0 Å². The van der Waals surface area contributed by atoms with Crippen LogP contribution in [0.15, 0.2) is 47.3 Å². The van der Waals surface area contributed by atoms with E-state index < -0.39 is 46.1 Å².